The highest BCUT2D eigenvalue weighted by molar-refractivity contribution is 6.28. The normalized spacial score (nSPS) is 11.1. The van der Waals surface area contributed by atoms with E-state index >= 15 is 0 Å². The third-order valence-electron chi connectivity index (χ3n) is 9.16. The molecule has 0 aliphatic rings. The van der Waals surface area contributed by atoms with Crippen LogP contribution in [-0.2, 0) is 0 Å². The van der Waals surface area contributed by atoms with Crippen molar-refractivity contribution in [1.29, 1.82) is 0 Å². The second-order valence-corrected chi connectivity index (χ2v) is 11.8. The average Bonchev–Trinajstić information content (AvgIpc) is 3.52. The Morgan fingerprint density at radius 3 is 1.23 bits per heavy atom. The van der Waals surface area contributed by atoms with Crippen LogP contribution in [-0.4, -0.2) is 4.57 Å². The molecule has 2 nitrogen and oxygen atoms in total. The predicted octanol–water partition coefficient (Wildman–Crippen LogP) is 13.3. The number of benzene rings is 8. The van der Waals surface area contributed by atoms with Crippen LogP contribution in [0.4, 0.5) is 17.1 Å². The van der Waals surface area contributed by atoms with Crippen LogP contribution in [0.2, 0.25) is 0 Å². The Labute approximate surface area is 281 Å². The summed E-state index contributed by atoms with van der Waals surface area (Å²) in [6.07, 6.45) is 0. The van der Waals surface area contributed by atoms with E-state index in [2.05, 4.69) is 191 Å². The molecular formula is C46H36N2. The van der Waals surface area contributed by atoms with Gasteiger partial charge in [0.1, 0.15) is 0 Å². The summed E-state index contributed by atoms with van der Waals surface area (Å²) in [4.78, 5) is 2.29. The Morgan fingerprint density at radius 2 is 0.750 bits per heavy atom. The Bertz CT molecular complexity index is 2360. The molecular weight excluding hydrogens is 581 g/mol. The van der Waals surface area contributed by atoms with E-state index in [1.807, 2.05) is 13.8 Å². The lowest BCUT2D eigenvalue weighted by molar-refractivity contribution is 1.18. The maximum absolute atomic E-state index is 2.42. The van der Waals surface area contributed by atoms with Gasteiger partial charge in [-0.25, -0.2) is 0 Å². The number of aromatic nitrogens is 1. The minimum absolute atomic E-state index is 1.13. The summed E-state index contributed by atoms with van der Waals surface area (Å²) in [6, 6.07) is 65.5. The predicted molar refractivity (Wildman–Crippen MR) is 207 cm³/mol. The highest BCUT2D eigenvalue weighted by Crippen LogP contribution is 2.41. The summed E-state index contributed by atoms with van der Waals surface area (Å²) in [7, 11) is 0. The third kappa shape index (κ3) is 4.99. The smallest absolute Gasteiger partial charge is 0.0547 e. The highest BCUT2D eigenvalue weighted by atomic mass is 15.1. The lowest BCUT2D eigenvalue weighted by atomic mass is 10.00. The fraction of sp³-hybridized carbons (Fsp3) is 0.0435. The van der Waals surface area contributed by atoms with Crippen LogP contribution >= 0.6 is 0 Å². The largest absolute Gasteiger partial charge is 0.311 e. The van der Waals surface area contributed by atoms with Crippen LogP contribution in [0, 0.1) is 0 Å². The van der Waals surface area contributed by atoms with Gasteiger partial charge in [0.05, 0.1) is 11.0 Å². The van der Waals surface area contributed by atoms with E-state index in [1.165, 1.54) is 54.5 Å². The van der Waals surface area contributed by atoms with E-state index in [1.54, 1.807) is 0 Å². The fourth-order valence-electron chi connectivity index (χ4n) is 7.03. The van der Waals surface area contributed by atoms with Gasteiger partial charge in [-0.2, -0.15) is 0 Å². The zero-order chi connectivity index (χ0) is 32.5. The van der Waals surface area contributed by atoms with Crippen molar-refractivity contribution in [2.75, 3.05) is 4.90 Å². The van der Waals surface area contributed by atoms with E-state index < -0.39 is 0 Å². The van der Waals surface area contributed by atoms with Crippen molar-refractivity contribution in [3.63, 3.8) is 0 Å². The quantitative estimate of drug-likeness (QED) is 0.187. The Balaban J connectivity index is 0.00000165. The van der Waals surface area contributed by atoms with Gasteiger partial charge in [0, 0.05) is 33.5 Å². The molecule has 0 N–H and O–H groups in total. The molecule has 2 heteroatoms. The maximum atomic E-state index is 2.42. The van der Waals surface area contributed by atoms with Gasteiger partial charge in [-0.15, -0.1) is 0 Å². The van der Waals surface area contributed by atoms with E-state index in [-0.39, 0.29) is 0 Å². The standard InChI is InChI=1S/C44H30N2.C2H6/c1-3-13-35(14-4-1)45(36-15-5-2-6-16-36)37-25-19-31(20-26-37)32-21-27-38(28-22-32)46-41-29-23-33-11-7-9-17-39(33)43(41)44-40-18-10-8-12-34(40)24-30-42(44)46;1-2/h1-30H;1-2H3. The van der Waals surface area contributed by atoms with Gasteiger partial charge >= 0.3 is 0 Å². The molecule has 0 spiro atoms. The van der Waals surface area contributed by atoms with E-state index in [4.69, 9.17) is 0 Å². The summed E-state index contributed by atoms with van der Waals surface area (Å²) < 4.78 is 2.42. The van der Waals surface area contributed by atoms with Crippen molar-refractivity contribution in [1.82, 2.24) is 4.57 Å². The van der Waals surface area contributed by atoms with Crippen LogP contribution in [0.25, 0.3) is 60.2 Å². The number of para-hydroxylation sites is 2. The lowest BCUT2D eigenvalue weighted by Crippen LogP contribution is -2.09. The molecule has 8 aromatic carbocycles. The monoisotopic (exact) mass is 616 g/mol. The van der Waals surface area contributed by atoms with Crippen LogP contribution in [0.1, 0.15) is 13.8 Å². The molecule has 0 fully saturated rings. The van der Waals surface area contributed by atoms with Crippen LogP contribution in [0.15, 0.2) is 182 Å². The Hall–Kier alpha value is -6.12. The summed E-state index contributed by atoms with van der Waals surface area (Å²) >= 11 is 0. The second kappa shape index (κ2) is 12.6. The first kappa shape index (κ1) is 29.3. The molecule has 0 atom stereocenters. The lowest BCUT2D eigenvalue weighted by Gasteiger charge is -2.25. The number of fused-ring (bicyclic) bond motifs is 7. The molecule has 1 heterocycles. The van der Waals surface area contributed by atoms with Gasteiger partial charge in [-0.3, -0.25) is 0 Å². The molecule has 230 valence electrons. The fourth-order valence-corrected chi connectivity index (χ4v) is 7.03. The molecule has 0 radical (unpaired) electrons. The van der Waals surface area contributed by atoms with Gasteiger partial charge in [-0.1, -0.05) is 135 Å². The molecule has 9 aromatic rings. The molecule has 9 rings (SSSR count). The number of hydrogen-bond donors (Lipinski definition) is 0. The molecule has 0 unspecified atom stereocenters. The molecule has 0 amide bonds. The van der Waals surface area contributed by atoms with Gasteiger partial charge in [-0.05, 0) is 93.3 Å². The highest BCUT2D eigenvalue weighted by Gasteiger charge is 2.17. The van der Waals surface area contributed by atoms with Crippen LogP contribution in [0.3, 0.4) is 0 Å². The number of anilines is 3. The number of rotatable bonds is 5. The first-order valence-electron chi connectivity index (χ1n) is 16.8. The first-order valence-corrected chi connectivity index (χ1v) is 16.8. The van der Waals surface area contributed by atoms with Crippen molar-refractivity contribution in [2.45, 2.75) is 13.8 Å². The first-order chi connectivity index (χ1) is 23.8. The second-order valence-electron chi connectivity index (χ2n) is 11.8. The zero-order valence-electron chi connectivity index (χ0n) is 27.2. The van der Waals surface area contributed by atoms with E-state index in [0.29, 0.717) is 0 Å². The zero-order valence-corrected chi connectivity index (χ0v) is 27.2. The molecule has 48 heavy (non-hydrogen) atoms. The SMILES string of the molecule is CC.c1ccc(N(c2ccccc2)c2ccc(-c3ccc(-n4c5ccc6ccccc6c5c5c6ccccc6ccc54)cc3)cc2)cc1. The molecule has 1 aromatic heterocycles. The van der Waals surface area contributed by atoms with Crippen molar-refractivity contribution in [2.24, 2.45) is 0 Å². The number of hydrogen-bond acceptors (Lipinski definition) is 1. The van der Waals surface area contributed by atoms with E-state index in [9.17, 15) is 0 Å². The van der Waals surface area contributed by atoms with E-state index in [0.717, 1.165) is 22.7 Å². The summed E-state index contributed by atoms with van der Waals surface area (Å²) in [5, 5.41) is 7.73. The molecule has 0 aliphatic carbocycles. The van der Waals surface area contributed by atoms with Crippen LogP contribution in [0.5, 0.6) is 0 Å². The minimum atomic E-state index is 1.13. The topological polar surface area (TPSA) is 8.17 Å². The third-order valence-corrected chi connectivity index (χ3v) is 9.16. The number of nitrogens with zero attached hydrogens (tertiary/aromatic N) is 2. The molecule has 0 bridgehead atoms. The van der Waals surface area contributed by atoms with Gasteiger partial charge < -0.3 is 9.47 Å². The average molecular weight is 617 g/mol. The summed E-state index contributed by atoms with van der Waals surface area (Å²) in [5.41, 5.74) is 9.39. The van der Waals surface area contributed by atoms with Crippen molar-refractivity contribution in [3.8, 4) is 16.8 Å². The minimum Gasteiger partial charge on any atom is -0.311 e. The maximum Gasteiger partial charge on any atom is 0.0547 e. The van der Waals surface area contributed by atoms with Crippen molar-refractivity contribution >= 4 is 60.4 Å². The summed E-state index contributed by atoms with van der Waals surface area (Å²) in [5.74, 6) is 0. The van der Waals surface area contributed by atoms with Crippen LogP contribution < -0.4 is 4.90 Å². The van der Waals surface area contributed by atoms with Gasteiger partial charge in [0.25, 0.3) is 0 Å². The molecule has 0 aliphatic heterocycles. The Kier molecular flexibility index (Phi) is 7.68. The molecule has 0 saturated carbocycles. The van der Waals surface area contributed by atoms with Gasteiger partial charge in [0.2, 0.25) is 0 Å². The van der Waals surface area contributed by atoms with Crippen molar-refractivity contribution in [3.05, 3.63) is 182 Å². The van der Waals surface area contributed by atoms with Crippen molar-refractivity contribution < 1.29 is 0 Å². The molecule has 0 saturated heterocycles. The van der Waals surface area contributed by atoms with Gasteiger partial charge in [0.15, 0.2) is 0 Å². The Morgan fingerprint density at radius 1 is 0.354 bits per heavy atom. The summed E-state index contributed by atoms with van der Waals surface area (Å²) in [6.45, 7) is 4.00.